The average molecular weight is 408 g/mol. The molecule has 1 aliphatic carbocycles. The second-order valence-electron chi connectivity index (χ2n) is 7.50. The highest BCUT2D eigenvalue weighted by atomic mass is 16.5. The Kier molecular flexibility index (Phi) is 7.60. The van der Waals surface area contributed by atoms with E-state index in [2.05, 4.69) is 15.8 Å². The minimum absolute atomic E-state index is 0.0882. The molecular weight excluding hydrogens is 378 g/mol. The van der Waals surface area contributed by atoms with Gasteiger partial charge in [0.1, 0.15) is 5.75 Å². The van der Waals surface area contributed by atoms with Crippen LogP contribution < -0.4 is 15.5 Å². The molecule has 2 N–H and O–H groups in total. The highest BCUT2D eigenvalue weighted by Crippen LogP contribution is 2.25. The molecule has 158 valence electrons. The SMILES string of the molecule is CCOc1ccc(C(=O)N/N=C(\C)c2cccc(NC(=O)C3CCCCC3)c2)cc1. The molecule has 6 heteroatoms. The van der Waals surface area contributed by atoms with Crippen LogP contribution in [-0.2, 0) is 4.79 Å². The molecule has 0 spiro atoms. The van der Waals surface area contributed by atoms with E-state index in [4.69, 9.17) is 4.74 Å². The summed E-state index contributed by atoms with van der Waals surface area (Å²) in [6.45, 7) is 4.31. The Morgan fingerprint density at radius 1 is 1.03 bits per heavy atom. The Bertz CT molecular complexity index is 900. The van der Waals surface area contributed by atoms with Gasteiger partial charge in [-0.15, -0.1) is 0 Å². The topological polar surface area (TPSA) is 79.8 Å². The Morgan fingerprint density at radius 2 is 1.77 bits per heavy atom. The zero-order valence-electron chi connectivity index (χ0n) is 17.6. The van der Waals surface area contributed by atoms with E-state index in [1.54, 1.807) is 24.3 Å². The highest BCUT2D eigenvalue weighted by molar-refractivity contribution is 6.02. The zero-order valence-corrected chi connectivity index (χ0v) is 17.6. The standard InChI is InChI=1S/C24H29N3O3/c1-3-30-22-14-12-19(13-15-22)24(29)27-26-17(2)20-10-7-11-21(16-20)25-23(28)18-8-5-4-6-9-18/h7,10-16,18H,3-6,8-9H2,1-2H3,(H,25,28)(H,27,29)/b26-17+. The lowest BCUT2D eigenvalue weighted by molar-refractivity contribution is -0.120. The van der Waals surface area contributed by atoms with Crippen LogP contribution in [0.2, 0.25) is 0 Å². The van der Waals surface area contributed by atoms with Gasteiger partial charge in [0, 0.05) is 17.2 Å². The maximum atomic E-state index is 12.5. The van der Waals surface area contributed by atoms with Gasteiger partial charge in [-0.2, -0.15) is 5.10 Å². The van der Waals surface area contributed by atoms with Gasteiger partial charge < -0.3 is 10.1 Å². The molecule has 1 aliphatic rings. The number of hydrogen-bond acceptors (Lipinski definition) is 4. The molecule has 0 aliphatic heterocycles. The van der Waals surface area contributed by atoms with E-state index in [0.29, 0.717) is 17.9 Å². The lowest BCUT2D eigenvalue weighted by Gasteiger charge is -2.20. The third kappa shape index (κ3) is 5.92. The molecule has 1 fully saturated rings. The summed E-state index contributed by atoms with van der Waals surface area (Å²) >= 11 is 0. The molecular formula is C24H29N3O3. The highest BCUT2D eigenvalue weighted by Gasteiger charge is 2.21. The summed E-state index contributed by atoms with van der Waals surface area (Å²) in [5, 5.41) is 7.23. The first-order valence-electron chi connectivity index (χ1n) is 10.6. The van der Waals surface area contributed by atoms with Gasteiger partial charge >= 0.3 is 0 Å². The molecule has 0 radical (unpaired) electrons. The van der Waals surface area contributed by atoms with Crippen LogP contribution in [0.25, 0.3) is 0 Å². The zero-order chi connectivity index (χ0) is 21.3. The fraction of sp³-hybridized carbons (Fsp3) is 0.375. The Hall–Kier alpha value is -3.15. The van der Waals surface area contributed by atoms with Gasteiger partial charge in [0.25, 0.3) is 5.91 Å². The van der Waals surface area contributed by atoms with E-state index < -0.39 is 0 Å². The number of hydrazone groups is 1. The maximum absolute atomic E-state index is 12.5. The van der Waals surface area contributed by atoms with E-state index in [0.717, 1.165) is 42.7 Å². The number of nitrogens with zero attached hydrogens (tertiary/aromatic N) is 1. The van der Waals surface area contributed by atoms with Crippen molar-refractivity contribution in [1.82, 2.24) is 5.43 Å². The molecule has 2 amide bonds. The largest absolute Gasteiger partial charge is 0.494 e. The number of benzene rings is 2. The van der Waals surface area contributed by atoms with Crippen LogP contribution in [0.4, 0.5) is 5.69 Å². The fourth-order valence-electron chi connectivity index (χ4n) is 3.56. The predicted octanol–water partition coefficient (Wildman–Crippen LogP) is 4.76. The van der Waals surface area contributed by atoms with E-state index >= 15 is 0 Å². The molecule has 1 saturated carbocycles. The second kappa shape index (κ2) is 10.6. The molecule has 0 heterocycles. The summed E-state index contributed by atoms with van der Waals surface area (Å²) in [7, 11) is 0. The van der Waals surface area contributed by atoms with Gasteiger partial charge in [-0.05, 0) is 68.7 Å². The lowest BCUT2D eigenvalue weighted by atomic mass is 9.88. The van der Waals surface area contributed by atoms with Crippen LogP contribution in [0, 0.1) is 5.92 Å². The Morgan fingerprint density at radius 3 is 2.47 bits per heavy atom. The van der Waals surface area contributed by atoms with Crippen molar-refractivity contribution in [2.45, 2.75) is 46.0 Å². The van der Waals surface area contributed by atoms with Crippen molar-refractivity contribution >= 4 is 23.2 Å². The molecule has 2 aromatic carbocycles. The van der Waals surface area contributed by atoms with E-state index in [1.807, 2.05) is 38.1 Å². The monoisotopic (exact) mass is 407 g/mol. The second-order valence-corrected chi connectivity index (χ2v) is 7.50. The molecule has 2 aromatic rings. The summed E-state index contributed by atoms with van der Waals surface area (Å²) in [4.78, 5) is 24.8. The van der Waals surface area contributed by atoms with E-state index in [1.165, 1.54) is 6.42 Å². The third-order valence-electron chi connectivity index (χ3n) is 5.28. The average Bonchev–Trinajstić information content (AvgIpc) is 2.78. The third-order valence-corrected chi connectivity index (χ3v) is 5.28. The quantitative estimate of drug-likeness (QED) is 0.513. The first-order chi connectivity index (χ1) is 14.6. The number of amides is 2. The first-order valence-corrected chi connectivity index (χ1v) is 10.6. The first kappa shape index (κ1) is 21.6. The van der Waals surface area contributed by atoms with Crippen molar-refractivity contribution in [3.8, 4) is 5.75 Å². The van der Waals surface area contributed by atoms with Crippen LogP contribution >= 0.6 is 0 Å². The lowest BCUT2D eigenvalue weighted by Crippen LogP contribution is -2.24. The number of nitrogens with one attached hydrogen (secondary N) is 2. The van der Waals surface area contributed by atoms with Crippen molar-refractivity contribution in [2.75, 3.05) is 11.9 Å². The molecule has 30 heavy (non-hydrogen) atoms. The van der Waals surface area contributed by atoms with Crippen molar-refractivity contribution in [2.24, 2.45) is 11.0 Å². The smallest absolute Gasteiger partial charge is 0.271 e. The van der Waals surface area contributed by atoms with Gasteiger partial charge in [-0.25, -0.2) is 5.43 Å². The molecule has 0 bridgehead atoms. The van der Waals surface area contributed by atoms with Gasteiger partial charge in [-0.1, -0.05) is 31.4 Å². The fourth-order valence-corrected chi connectivity index (χ4v) is 3.56. The number of anilines is 1. The molecule has 6 nitrogen and oxygen atoms in total. The molecule has 0 atom stereocenters. The van der Waals surface area contributed by atoms with Crippen LogP contribution in [0.5, 0.6) is 5.75 Å². The van der Waals surface area contributed by atoms with Crippen LogP contribution in [0.1, 0.15) is 61.9 Å². The van der Waals surface area contributed by atoms with Crippen molar-refractivity contribution in [3.05, 3.63) is 59.7 Å². The van der Waals surface area contributed by atoms with Gasteiger partial charge in [0.2, 0.25) is 5.91 Å². The van der Waals surface area contributed by atoms with E-state index in [-0.39, 0.29) is 17.7 Å². The predicted molar refractivity (Wildman–Crippen MR) is 119 cm³/mol. The van der Waals surface area contributed by atoms with Crippen LogP contribution in [-0.4, -0.2) is 24.1 Å². The van der Waals surface area contributed by atoms with Gasteiger partial charge in [0.15, 0.2) is 0 Å². The van der Waals surface area contributed by atoms with Crippen molar-refractivity contribution in [1.29, 1.82) is 0 Å². The van der Waals surface area contributed by atoms with Crippen LogP contribution in [0.3, 0.4) is 0 Å². The molecule has 3 rings (SSSR count). The maximum Gasteiger partial charge on any atom is 0.271 e. The summed E-state index contributed by atoms with van der Waals surface area (Å²) in [5.74, 6) is 0.621. The Balaban J connectivity index is 1.60. The molecule has 0 unspecified atom stereocenters. The summed E-state index contributed by atoms with van der Waals surface area (Å²) in [6, 6.07) is 14.4. The van der Waals surface area contributed by atoms with Crippen molar-refractivity contribution in [3.63, 3.8) is 0 Å². The number of ether oxygens (including phenoxy) is 1. The summed E-state index contributed by atoms with van der Waals surface area (Å²) in [5.41, 5.74) is 5.32. The normalized spacial score (nSPS) is 14.8. The number of hydrogen-bond donors (Lipinski definition) is 2. The molecule has 0 saturated heterocycles. The van der Waals surface area contributed by atoms with Gasteiger partial charge in [0.05, 0.1) is 12.3 Å². The van der Waals surface area contributed by atoms with E-state index in [9.17, 15) is 9.59 Å². The minimum atomic E-state index is -0.292. The van der Waals surface area contributed by atoms with Crippen molar-refractivity contribution < 1.29 is 14.3 Å². The minimum Gasteiger partial charge on any atom is -0.494 e. The van der Waals surface area contributed by atoms with Crippen LogP contribution in [0.15, 0.2) is 53.6 Å². The van der Waals surface area contributed by atoms with Gasteiger partial charge in [-0.3, -0.25) is 9.59 Å². The molecule has 0 aromatic heterocycles. The Labute approximate surface area is 177 Å². The number of carbonyl (C=O) groups excluding carboxylic acids is 2. The number of carbonyl (C=O) groups is 2. The number of rotatable bonds is 7. The summed E-state index contributed by atoms with van der Waals surface area (Å²) < 4.78 is 5.38. The summed E-state index contributed by atoms with van der Waals surface area (Å²) in [6.07, 6.45) is 5.39.